The molecular weight excluding hydrogens is 214 g/mol. The highest BCUT2D eigenvalue weighted by Gasteiger charge is 2.60. The lowest BCUT2D eigenvalue weighted by Crippen LogP contribution is -2.29. The Kier molecular flexibility index (Phi) is 2.71. The van der Waals surface area contributed by atoms with Crippen molar-refractivity contribution in [3.8, 4) is 0 Å². The molecule has 0 spiro atoms. The second-order valence-corrected chi connectivity index (χ2v) is 6.47. The average molecular weight is 237 g/mol. The number of hydrogen-bond acceptors (Lipinski definition) is 2. The predicted octanol–water partition coefficient (Wildman–Crippen LogP) is 2.49. The molecule has 2 saturated carbocycles. The molecule has 0 aliphatic heterocycles. The summed E-state index contributed by atoms with van der Waals surface area (Å²) in [5.41, 5.74) is 9.20. The van der Waals surface area contributed by atoms with Crippen LogP contribution in [0.1, 0.15) is 47.0 Å². The number of nitrogens with zero attached hydrogens (tertiary/aromatic N) is 1. The van der Waals surface area contributed by atoms with Crippen molar-refractivity contribution in [1.29, 1.82) is 0 Å². The van der Waals surface area contributed by atoms with Crippen LogP contribution in [0.15, 0.2) is 5.10 Å². The van der Waals surface area contributed by atoms with Crippen LogP contribution in [0.5, 0.6) is 0 Å². The van der Waals surface area contributed by atoms with Crippen molar-refractivity contribution >= 4 is 11.7 Å². The van der Waals surface area contributed by atoms with E-state index >= 15 is 0 Å². The van der Waals surface area contributed by atoms with Crippen molar-refractivity contribution in [2.45, 2.75) is 47.0 Å². The second-order valence-electron chi connectivity index (χ2n) is 6.47. The van der Waals surface area contributed by atoms with E-state index in [0.29, 0.717) is 22.7 Å². The summed E-state index contributed by atoms with van der Waals surface area (Å²) in [7, 11) is 0. The van der Waals surface area contributed by atoms with Gasteiger partial charge in [0, 0.05) is 11.6 Å². The van der Waals surface area contributed by atoms with Crippen LogP contribution in [0.25, 0.3) is 0 Å². The van der Waals surface area contributed by atoms with Gasteiger partial charge in [-0.15, -0.1) is 0 Å². The van der Waals surface area contributed by atoms with Crippen LogP contribution in [0, 0.1) is 22.7 Å². The van der Waals surface area contributed by atoms with Crippen LogP contribution in [0.3, 0.4) is 0 Å². The number of hydrazone groups is 1. The van der Waals surface area contributed by atoms with E-state index in [1.807, 2.05) is 6.92 Å². The first-order valence-electron chi connectivity index (χ1n) is 6.37. The van der Waals surface area contributed by atoms with E-state index in [-0.39, 0.29) is 0 Å². The number of primary amides is 1. The third-order valence-corrected chi connectivity index (χ3v) is 5.52. The number of hydrogen-bond donors (Lipinski definition) is 2. The maximum absolute atomic E-state index is 10.7. The van der Waals surface area contributed by atoms with Gasteiger partial charge in [0.15, 0.2) is 0 Å². The lowest BCUT2D eigenvalue weighted by Gasteiger charge is -2.34. The molecule has 0 aromatic rings. The van der Waals surface area contributed by atoms with Gasteiger partial charge < -0.3 is 5.73 Å². The Bertz CT molecular complexity index is 372. The molecule has 4 heteroatoms. The first kappa shape index (κ1) is 12.4. The lowest BCUT2D eigenvalue weighted by atomic mass is 9.71. The minimum atomic E-state index is -0.585. The van der Waals surface area contributed by atoms with Gasteiger partial charge >= 0.3 is 6.03 Å². The smallest absolute Gasteiger partial charge is 0.332 e. The number of nitrogens with one attached hydrogen (secondary N) is 1. The minimum absolute atomic E-state index is 0.376. The number of urea groups is 1. The lowest BCUT2D eigenvalue weighted by molar-refractivity contribution is 0.152. The zero-order valence-corrected chi connectivity index (χ0v) is 11.2. The van der Waals surface area contributed by atoms with Gasteiger partial charge in [0.2, 0.25) is 0 Å². The molecule has 0 aromatic carbocycles. The summed E-state index contributed by atoms with van der Waals surface area (Å²) < 4.78 is 0. The fourth-order valence-electron chi connectivity index (χ4n) is 3.97. The summed E-state index contributed by atoms with van der Waals surface area (Å²) in [5, 5.41) is 4.11. The summed E-state index contributed by atoms with van der Waals surface area (Å²) in [6, 6.07) is -0.585. The van der Waals surface area contributed by atoms with Gasteiger partial charge in [-0.1, -0.05) is 20.8 Å². The molecule has 2 fully saturated rings. The largest absolute Gasteiger partial charge is 0.350 e. The first-order valence-corrected chi connectivity index (χ1v) is 6.37. The van der Waals surface area contributed by atoms with E-state index in [0.717, 1.165) is 5.71 Å². The van der Waals surface area contributed by atoms with E-state index in [1.54, 1.807) is 0 Å². The normalized spacial score (nSPS) is 39.4. The summed E-state index contributed by atoms with van der Waals surface area (Å²) in [5.74, 6) is 1.18. The van der Waals surface area contributed by atoms with Crippen molar-refractivity contribution in [1.82, 2.24) is 5.43 Å². The number of rotatable bonds is 2. The number of nitrogens with two attached hydrogens (primary N) is 1. The number of amides is 2. The molecule has 2 bridgehead atoms. The number of carbonyl (C=O) groups excluding carboxylic acids is 1. The standard InChI is InChI=1S/C13H23N3O/c1-8(15-16-11(14)17)9-7-13(4)6-5-10(9)12(13,2)3/h9-10H,5-7H2,1-4H3,(H3,14,16,17)/t9-,10-,13-/m1/s1. The van der Waals surface area contributed by atoms with Crippen LogP contribution in [-0.2, 0) is 0 Å². The third kappa shape index (κ3) is 1.74. The highest BCUT2D eigenvalue weighted by Crippen LogP contribution is 2.67. The first-order chi connectivity index (χ1) is 7.78. The molecule has 0 aromatic heterocycles. The van der Waals surface area contributed by atoms with Gasteiger partial charge in [0.1, 0.15) is 0 Å². The van der Waals surface area contributed by atoms with Crippen molar-refractivity contribution in [3.63, 3.8) is 0 Å². The van der Waals surface area contributed by atoms with Crippen molar-refractivity contribution in [2.75, 3.05) is 0 Å². The molecule has 17 heavy (non-hydrogen) atoms. The molecule has 3 N–H and O–H groups in total. The molecular formula is C13H23N3O. The second kappa shape index (κ2) is 3.72. The molecule has 4 nitrogen and oxygen atoms in total. The number of fused-ring (bicyclic) bond motifs is 2. The van der Waals surface area contributed by atoms with Gasteiger partial charge in [-0.2, -0.15) is 5.10 Å². The monoisotopic (exact) mass is 237 g/mol. The average Bonchev–Trinajstić information content (AvgIpc) is 2.57. The van der Waals surface area contributed by atoms with Gasteiger partial charge in [0.05, 0.1) is 0 Å². The quantitative estimate of drug-likeness (QED) is 0.562. The molecule has 2 rings (SSSR count). The number of carbonyl (C=O) groups is 1. The van der Waals surface area contributed by atoms with E-state index in [1.165, 1.54) is 19.3 Å². The Morgan fingerprint density at radius 3 is 2.47 bits per heavy atom. The Balaban J connectivity index is 2.16. The summed E-state index contributed by atoms with van der Waals surface area (Å²) in [6.07, 6.45) is 3.77. The molecule has 0 radical (unpaired) electrons. The van der Waals surface area contributed by atoms with Crippen LogP contribution in [0.4, 0.5) is 4.79 Å². The Morgan fingerprint density at radius 1 is 1.41 bits per heavy atom. The van der Waals surface area contributed by atoms with Gasteiger partial charge in [-0.3, -0.25) is 0 Å². The fourth-order valence-corrected chi connectivity index (χ4v) is 3.97. The van der Waals surface area contributed by atoms with E-state index in [2.05, 4.69) is 31.3 Å². The Hall–Kier alpha value is -1.06. The van der Waals surface area contributed by atoms with E-state index in [9.17, 15) is 4.79 Å². The molecule has 0 unspecified atom stereocenters. The van der Waals surface area contributed by atoms with Crippen LogP contribution >= 0.6 is 0 Å². The van der Waals surface area contributed by atoms with Gasteiger partial charge in [-0.05, 0) is 42.9 Å². The van der Waals surface area contributed by atoms with Crippen molar-refractivity contribution < 1.29 is 4.79 Å². The highest BCUT2D eigenvalue weighted by atomic mass is 16.2. The molecule has 2 aliphatic rings. The maximum Gasteiger partial charge on any atom is 0.332 e. The third-order valence-electron chi connectivity index (χ3n) is 5.52. The molecule has 96 valence electrons. The van der Waals surface area contributed by atoms with Crippen molar-refractivity contribution in [3.05, 3.63) is 0 Å². The molecule has 2 amide bonds. The van der Waals surface area contributed by atoms with Crippen LogP contribution in [0.2, 0.25) is 0 Å². The zero-order valence-electron chi connectivity index (χ0n) is 11.2. The highest BCUT2D eigenvalue weighted by molar-refractivity contribution is 5.86. The predicted molar refractivity (Wildman–Crippen MR) is 68.5 cm³/mol. The van der Waals surface area contributed by atoms with E-state index in [4.69, 9.17) is 5.73 Å². The van der Waals surface area contributed by atoms with Gasteiger partial charge in [0.25, 0.3) is 0 Å². The zero-order chi connectivity index (χ0) is 12.8. The summed E-state index contributed by atoms with van der Waals surface area (Å²) >= 11 is 0. The Labute approximate surface area is 103 Å². The summed E-state index contributed by atoms with van der Waals surface area (Å²) in [6.45, 7) is 9.14. The SMILES string of the molecule is CC(=NNC(N)=O)[C@H]1C[C@@]2(C)CC[C@H]1C2(C)C. The van der Waals surface area contributed by atoms with Crippen LogP contribution < -0.4 is 11.2 Å². The minimum Gasteiger partial charge on any atom is -0.350 e. The fraction of sp³-hybridized carbons (Fsp3) is 0.846. The van der Waals surface area contributed by atoms with Gasteiger partial charge in [-0.25, -0.2) is 10.2 Å². The molecule has 3 atom stereocenters. The maximum atomic E-state index is 10.7. The molecule has 0 heterocycles. The Morgan fingerprint density at radius 2 is 2.06 bits per heavy atom. The molecule has 2 aliphatic carbocycles. The van der Waals surface area contributed by atoms with Crippen LogP contribution in [-0.4, -0.2) is 11.7 Å². The topological polar surface area (TPSA) is 67.5 Å². The van der Waals surface area contributed by atoms with Crippen molar-refractivity contribution in [2.24, 2.45) is 33.5 Å². The molecule has 0 saturated heterocycles. The van der Waals surface area contributed by atoms with E-state index < -0.39 is 6.03 Å². The summed E-state index contributed by atoms with van der Waals surface area (Å²) in [4.78, 5) is 10.7.